The summed E-state index contributed by atoms with van der Waals surface area (Å²) in [7, 11) is -1.98. The molecule has 0 amide bonds. The number of hydrogen-bond acceptors (Lipinski definition) is 0. The topological polar surface area (TPSA) is 0 Å². The lowest BCUT2D eigenvalue weighted by molar-refractivity contribution is 1.10. The van der Waals surface area contributed by atoms with Crippen LogP contribution in [0.25, 0.3) is 0 Å². The molecule has 0 heterocycles. The Labute approximate surface area is 111 Å². The molecule has 1 rings (SSSR count). The van der Waals surface area contributed by atoms with Gasteiger partial charge in [-0.15, -0.1) is 0 Å². The summed E-state index contributed by atoms with van der Waals surface area (Å²) in [6.45, 7) is 15.7. The largest absolute Gasteiger partial charge is 0.0735 e. The van der Waals surface area contributed by atoms with Crippen molar-refractivity contribution in [3.05, 3.63) is 35.9 Å². The van der Waals surface area contributed by atoms with Crippen LogP contribution in [0, 0.1) is 0 Å². The minimum Gasteiger partial charge on any atom is -0.0735 e. The first-order chi connectivity index (χ1) is 7.77. The molecule has 0 fully saturated rings. The Morgan fingerprint density at radius 3 is 1.94 bits per heavy atom. The van der Waals surface area contributed by atoms with Crippen molar-refractivity contribution in [1.29, 1.82) is 0 Å². The van der Waals surface area contributed by atoms with Gasteiger partial charge >= 0.3 is 0 Å². The van der Waals surface area contributed by atoms with Gasteiger partial charge in [-0.3, -0.25) is 0 Å². The van der Waals surface area contributed by atoms with Gasteiger partial charge in [0, 0.05) is 23.0 Å². The van der Waals surface area contributed by atoms with E-state index in [0.717, 1.165) is 0 Å². The van der Waals surface area contributed by atoms with E-state index in [2.05, 4.69) is 69.6 Å². The second-order valence-corrected chi connectivity index (χ2v) is 32.1. The zero-order chi connectivity index (χ0) is 13.1. The molecule has 1 aromatic carbocycles. The average Bonchev–Trinajstić information content (AvgIpc) is 2.27. The Bertz CT molecular complexity index is 342. The van der Waals surface area contributed by atoms with Gasteiger partial charge in [-0.2, -0.15) is 0 Å². The van der Waals surface area contributed by atoms with E-state index in [0.29, 0.717) is 0 Å². The first-order valence-electron chi connectivity index (χ1n) is 6.62. The smallest absolute Gasteiger partial charge is 0.0387 e. The lowest BCUT2D eigenvalue weighted by Gasteiger charge is -2.41. The van der Waals surface area contributed by atoms with Crippen molar-refractivity contribution in [1.82, 2.24) is 0 Å². The van der Waals surface area contributed by atoms with Crippen LogP contribution in [-0.4, -0.2) is 23.0 Å². The number of rotatable bonds is 5. The molecule has 95 valence electrons. The first kappa shape index (κ1) is 14.9. The van der Waals surface area contributed by atoms with E-state index in [1.54, 1.807) is 0 Å². The van der Waals surface area contributed by atoms with Gasteiger partial charge in [-0.25, -0.2) is 0 Å². The van der Waals surface area contributed by atoms with Gasteiger partial charge in [0.25, 0.3) is 0 Å². The van der Waals surface area contributed by atoms with E-state index in [-0.39, 0.29) is 8.31 Å². The van der Waals surface area contributed by atoms with E-state index < -0.39 is 14.7 Å². The summed E-state index contributed by atoms with van der Waals surface area (Å²) >= 11 is 0. The molecule has 0 aliphatic heterocycles. The highest BCUT2D eigenvalue weighted by molar-refractivity contribution is 7.63. The van der Waals surface area contributed by atoms with Crippen LogP contribution in [0.2, 0.25) is 45.3 Å². The van der Waals surface area contributed by atoms with E-state index in [9.17, 15) is 0 Å². The quantitative estimate of drug-likeness (QED) is 0.693. The molecule has 1 aromatic rings. The Morgan fingerprint density at radius 2 is 1.47 bits per heavy atom. The summed E-state index contributed by atoms with van der Waals surface area (Å²) in [4.78, 5) is 0. The van der Waals surface area contributed by atoms with Crippen LogP contribution in [0.4, 0.5) is 0 Å². The van der Waals surface area contributed by atoms with Crippen molar-refractivity contribution >= 4 is 23.0 Å². The maximum absolute atomic E-state index is 2.65. The Morgan fingerprint density at radius 1 is 0.941 bits per heavy atom. The van der Waals surface area contributed by atoms with Crippen molar-refractivity contribution in [3.63, 3.8) is 0 Å². The molecule has 0 unspecified atom stereocenters. The summed E-state index contributed by atoms with van der Waals surface area (Å²) in [5, 5.41) is 0. The van der Waals surface area contributed by atoms with Crippen LogP contribution in [0.5, 0.6) is 0 Å². The van der Waals surface area contributed by atoms with Crippen LogP contribution in [-0.2, 0) is 6.42 Å². The molecule has 0 saturated carbocycles. The highest BCUT2D eigenvalue weighted by Crippen LogP contribution is 2.27. The van der Waals surface area contributed by atoms with Gasteiger partial charge in [0.1, 0.15) is 0 Å². The van der Waals surface area contributed by atoms with Gasteiger partial charge in [0.05, 0.1) is 0 Å². The zero-order valence-electron chi connectivity index (χ0n) is 12.3. The van der Waals surface area contributed by atoms with Crippen LogP contribution in [0.1, 0.15) is 5.56 Å². The predicted octanol–water partition coefficient (Wildman–Crippen LogP) is 4.56. The fourth-order valence-corrected chi connectivity index (χ4v) is 24.6. The molecule has 0 N–H and O–H groups in total. The third kappa shape index (κ3) is 3.66. The highest BCUT2D eigenvalue weighted by Gasteiger charge is 2.42. The average molecular weight is 280 g/mol. The lowest BCUT2D eigenvalue weighted by atomic mass is 10.2. The molecule has 0 atom stereocenters. The number of benzene rings is 1. The first-order valence-corrected chi connectivity index (χ1v) is 17.3. The van der Waals surface area contributed by atoms with E-state index in [1.165, 1.54) is 18.0 Å². The normalized spacial score (nSPS) is 13.1. The molecule has 17 heavy (non-hydrogen) atoms. The van der Waals surface area contributed by atoms with Gasteiger partial charge in [-0.05, 0) is 12.0 Å². The van der Waals surface area contributed by atoms with Crippen molar-refractivity contribution in [2.45, 2.75) is 51.7 Å². The number of aryl methyl sites for hydroxylation is 1. The SMILES string of the molecule is C[Si](C)[Si](C)(C)[Si](C)(C)CCc1ccccc1. The van der Waals surface area contributed by atoms with Crippen LogP contribution >= 0.6 is 0 Å². The summed E-state index contributed by atoms with van der Waals surface area (Å²) in [5.74, 6) is 0. The van der Waals surface area contributed by atoms with E-state index in [4.69, 9.17) is 0 Å². The molecule has 0 saturated heterocycles. The van der Waals surface area contributed by atoms with Gasteiger partial charge in [-0.1, -0.05) is 75.7 Å². The van der Waals surface area contributed by atoms with Crippen molar-refractivity contribution < 1.29 is 0 Å². The second kappa shape index (κ2) is 5.67. The lowest BCUT2D eigenvalue weighted by Crippen LogP contribution is -2.62. The molecule has 0 bridgehead atoms. The molecule has 0 aromatic heterocycles. The molecule has 3 heteroatoms. The molecular weight excluding hydrogens is 252 g/mol. The molecule has 0 spiro atoms. The molecule has 1 radical (unpaired) electrons. The minimum atomic E-state index is -0.993. The monoisotopic (exact) mass is 279 g/mol. The van der Waals surface area contributed by atoms with E-state index in [1.807, 2.05) is 0 Å². The molecule has 0 nitrogen and oxygen atoms in total. The summed E-state index contributed by atoms with van der Waals surface area (Å²) < 4.78 is 0. The predicted molar refractivity (Wildman–Crippen MR) is 87.4 cm³/mol. The Kier molecular flexibility index (Phi) is 4.98. The van der Waals surface area contributed by atoms with E-state index >= 15 is 0 Å². The molecule has 0 aliphatic rings. The number of hydrogen-bond donors (Lipinski definition) is 0. The van der Waals surface area contributed by atoms with Gasteiger partial charge < -0.3 is 0 Å². The Balaban J connectivity index is 2.68. The fraction of sp³-hybridized carbons (Fsp3) is 0.571. The maximum atomic E-state index is 2.65. The fourth-order valence-electron chi connectivity index (χ4n) is 2.09. The molecular formula is C14H27Si3. The summed E-state index contributed by atoms with van der Waals surface area (Å²) in [5.41, 5.74) is 1.53. The summed E-state index contributed by atoms with van der Waals surface area (Å²) in [6.07, 6.45) is 1.30. The van der Waals surface area contributed by atoms with Crippen LogP contribution in [0.15, 0.2) is 30.3 Å². The maximum Gasteiger partial charge on any atom is 0.0387 e. The van der Waals surface area contributed by atoms with Gasteiger partial charge in [0.2, 0.25) is 0 Å². The van der Waals surface area contributed by atoms with Crippen molar-refractivity contribution in [2.24, 2.45) is 0 Å². The third-order valence-corrected chi connectivity index (χ3v) is 41.2. The second-order valence-electron chi connectivity index (χ2n) is 6.49. The standard InChI is InChI=1S/C14H27Si3/c1-15(2)17(5,6)16(3,4)13-12-14-10-8-7-9-11-14/h7-11H,12-13H2,1-6H3. The minimum absolute atomic E-state index is 0.0705. The third-order valence-electron chi connectivity index (χ3n) is 4.82. The summed E-state index contributed by atoms with van der Waals surface area (Å²) in [6, 6.07) is 12.5. The Hall–Kier alpha value is -0.129. The van der Waals surface area contributed by atoms with Crippen LogP contribution < -0.4 is 0 Å². The van der Waals surface area contributed by atoms with Crippen molar-refractivity contribution in [3.8, 4) is 0 Å². The highest BCUT2D eigenvalue weighted by atomic mass is 29.6. The molecule has 0 aliphatic carbocycles. The van der Waals surface area contributed by atoms with Crippen LogP contribution in [0.3, 0.4) is 0 Å². The zero-order valence-corrected chi connectivity index (χ0v) is 15.3. The van der Waals surface area contributed by atoms with Crippen molar-refractivity contribution in [2.75, 3.05) is 0 Å². The van der Waals surface area contributed by atoms with Gasteiger partial charge in [0.15, 0.2) is 0 Å².